The highest BCUT2D eigenvalue weighted by Gasteiger charge is 2.11. The highest BCUT2D eigenvalue weighted by atomic mass is 16.6. The Bertz CT molecular complexity index is 729. The van der Waals surface area contributed by atoms with Gasteiger partial charge in [-0.05, 0) is 43.3 Å². The Hall–Kier alpha value is -2.86. The molecule has 2 rings (SSSR count). The van der Waals surface area contributed by atoms with Crippen molar-refractivity contribution in [2.45, 2.75) is 6.92 Å². The minimum atomic E-state index is -0.461. The molecule has 0 radical (unpaired) electrons. The Labute approximate surface area is 146 Å². The van der Waals surface area contributed by atoms with Crippen LogP contribution in [0.15, 0.2) is 48.5 Å². The number of anilines is 1. The first-order valence-electron chi connectivity index (χ1n) is 7.94. The van der Waals surface area contributed by atoms with Crippen LogP contribution in [0.3, 0.4) is 0 Å². The standard InChI is InChI=1S/C19H21NO5/c1-3-24-10-11-25-19(22)15-7-4-8-16(12-15)20-18(21)14-6-5-9-17(13-14)23-2/h4-9,12-13H,3,10-11H2,1-2H3,(H,20,21). The van der Waals surface area contributed by atoms with E-state index in [0.717, 1.165) is 0 Å². The van der Waals surface area contributed by atoms with Crippen molar-refractivity contribution >= 4 is 17.6 Å². The molecular formula is C19H21NO5. The molecule has 0 unspecified atom stereocenters. The van der Waals surface area contributed by atoms with Gasteiger partial charge in [-0.25, -0.2) is 4.79 Å². The van der Waals surface area contributed by atoms with Crippen molar-refractivity contribution in [1.29, 1.82) is 0 Å². The molecule has 0 fully saturated rings. The third kappa shape index (κ3) is 5.61. The van der Waals surface area contributed by atoms with Crippen LogP contribution in [0.4, 0.5) is 5.69 Å². The van der Waals surface area contributed by atoms with Gasteiger partial charge in [-0.1, -0.05) is 12.1 Å². The van der Waals surface area contributed by atoms with Gasteiger partial charge in [0.15, 0.2) is 0 Å². The van der Waals surface area contributed by atoms with E-state index in [-0.39, 0.29) is 12.5 Å². The lowest BCUT2D eigenvalue weighted by atomic mass is 10.1. The lowest BCUT2D eigenvalue weighted by Gasteiger charge is -2.09. The molecule has 0 bridgehead atoms. The number of rotatable bonds is 8. The largest absolute Gasteiger partial charge is 0.497 e. The van der Waals surface area contributed by atoms with Gasteiger partial charge in [0, 0.05) is 17.9 Å². The summed E-state index contributed by atoms with van der Waals surface area (Å²) in [6.07, 6.45) is 0. The zero-order chi connectivity index (χ0) is 18.1. The van der Waals surface area contributed by atoms with Crippen LogP contribution in [0.2, 0.25) is 0 Å². The van der Waals surface area contributed by atoms with E-state index in [2.05, 4.69) is 5.32 Å². The maximum atomic E-state index is 12.3. The Morgan fingerprint density at radius 1 is 1.00 bits per heavy atom. The van der Waals surface area contributed by atoms with E-state index in [1.165, 1.54) is 7.11 Å². The predicted molar refractivity (Wildman–Crippen MR) is 94.2 cm³/mol. The molecule has 0 saturated heterocycles. The van der Waals surface area contributed by atoms with Gasteiger partial charge >= 0.3 is 5.97 Å². The Kier molecular flexibility index (Phi) is 6.98. The second kappa shape index (κ2) is 9.44. The molecule has 0 aliphatic rings. The van der Waals surface area contributed by atoms with E-state index in [0.29, 0.717) is 35.8 Å². The average molecular weight is 343 g/mol. The van der Waals surface area contributed by atoms with Crippen LogP contribution < -0.4 is 10.1 Å². The van der Waals surface area contributed by atoms with Crippen molar-refractivity contribution in [3.8, 4) is 5.75 Å². The van der Waals surface area contributed by atoms with Crippen LogP contribution in [-0.4, -0.2) is 38.8 Å². The number of ether oxygens (including phenoxy) is 3. The molecule has 1 amide bonds. The number of benzene rings is 2. The summed E-state index contributed by atoms with van der Waals surface area (Å²) in [5, 5.41) is 2.75. The number of hydrogen-bond acceptors (Lipinski definition) is 5. The second-order valence-corrected chi connectivity index (χ2v) is 5.10. The van der Waals surface area contributed by atoms with E-state index in [9.17, 15) is 9.59 Å². The third-order valence-electron chi connectivity index (χ3n) is 3.35. The first-order valence-corrected chi connectivity index (χ1v) is 7.94. The number of carbonyl (C=O) groups is 2. The van der Waals surface area contributed by atoms with Gasteiger partial charge in [0.25, 0.3) is 5.91 Å². The molecule has 6 heteroatoms. The fourth-order valence-electron chi connectivity index (χ4n) is 2.11. The first-order chi connectivity index (χ1) is 12.1. The van der Waals surface area contributed by atoms with Gasteiger partial charge in [-0.3, -0.25) is 4.79 Å². The van der Waals surface area contributed by atoms with Crippen molar-refractivity contribution < 1.29 is 23.8 Å². The quantitative estimate of drug-likeness (QED) is 0.589. The van der Waals surface area contributed by atoms with E-state index < -0.39 is 5.97 Å². The summed E-state index contributed by atoms with van der Waals surface area (Å²) in [7, 11) is 1.54. The van der Waals surface area contributed by atoms with E-state index in [4.69, 9.17) is 14.2 Å². The monoisotopic (exact) mass is 343 g/mol. The lowest BCUT2D eigenvalue weighted by Crippen LogP contribution is -2.14. The van der Waals surface area contributed by atoms with Gasteiger partial charge in [0.1, 0.15) is 12.4 Å². The van der Waals surface area contributed by atoms with Crippen LogP contribution in [0.5, 0.6) is 5.75 Å². The molecule has 25 heavy (non-hydrogen) atoms. The number of methoxy groups -OCH3 is 1. The Balaban J connectivity index is 2.00. The molecule has 2 aromatic rings. The zero-order valence-corrected chi connectivity index (χ0v) is 14.3. The SMILES string of the molecule is CCOCCOC(=O)c1cccc(NC(=O)c2cccc(OC)c2)c1. The van der Waals surface area contributed by atoms with E-state index in [1.54, 1.807) is 48.5 Å². The topological polar surface area (TPSA) is 73.9 Å². The number of nitrogens with one attached hydrogen (secondary N) is 1. The van der Waals surface area contributed by atoms with Crippen LogP contribution in [0, 0.1) is 0 Å². The normalized spacial score (nSPS) is 10.2. The van der Waals surface area contributed by atoms with Gasteiger partial charge in [-0.15, -0.1) is 0 Å². The van der Waals surface area contributed by atoms with Crippen LogP contribution in [-0.2, 0) is 9.47 Å². The predicted octanol–water partition coefficient (Wildman–Crippen LogP) is 3.14. The molecule has 0 spiro atoms. The molecule has 0 heterocycles. The third-order valence-corrected chi connectivity index (χ3v) is 3.35. The summed E-state index contributed by atoms with van der Waals surface area (Å²) in [5.41, 5.74) is 1.33. The molecule has 0 aromatic heterocycles. The van der Waals surface area contributed by atoms with Crippen LogP contribution in [0.1, 0.15) is 27.6 Å². The zero-order valence-electron chi connectivity index (χ0n) is 14.3. The molecule has 2 aromatic carbocycles. The highest BCUT2D eigenvalue weighted by molar-refractivity contribution is 6.05. The molecule has 1 N–H and O–H groups in total. The summed E-state index contributed by atoms with van der Waals surface area (Å²) < 4.78 is 15.3. The summed E-state index contributed by atoms with van der Waals surface area (Å²) in [6, 6.07) is 13.4. The number of hydrogen-bond donors (Lipinski definition) is 1. The average Bonchev–Trinajstić information content (AvgIpc) is 2.65. The molecule has 132 valence electrons. The molecule has 0 aliphatic heterocycles. The van der Waals surface area contributed by atoms with Gasteiger partial charge in [0.05, 0.1) is 19.3 Å². The number of carbonyl (C=O) groups excluding carboxylic acids is 2. The molecule has 0 saturated carbocycles. The van der Waals surface area contributed by atoms with Crippen molar-refractivity contribution in [2.75, 3.05) is 32.2 Å². The maximum Gasteiger partial charge on any atom is 0.338 e. The van der Waals surface area contributed by atoms with Crippen LogP contribution in [0.25, 0.3) is 0 Å². The highest BCUT2D eigenvalue weighted by Crippen LogP contribution is 2.16. The fourth-order valence-corrected chi connectivity index (χ4v) is 2.11. The van der Waals surface area contributed by atoms with Crippen molar-refractivity contribution in [2.24, 2.45) is 0 Å². The molecule has 0 aliphatic carbocycles. The maximum absolute atomic E-state index is 12.3. The summed E-state index contributed by atoms with van der Waals surface area (Å²) in [5.74, 6) is -0.155. The minimum Gasteiger partial charge on any atom is -0.497 e. The van der Waals surface area contributed by atoms with Crippen molar-refractivity contribution in [3.63, 3.8) is 0 Å². The van der Waals surface area contributed by atoms with Gasteiger partial charge in [-0.2, -0.15) is 0 Å². The summed E-state index contributed by atoms with van der Waals surface area (Å²) in [6.45, 7) is 2.99. The minimum absolute atomic E-state index is 0.188. The van der Waals surface area contributed by atoms with Crippen molar-refractivity contribution in [1.82, 2.24) is 0 Å². The van der Waals surface area contributed by atoms with Gasteiger partial charge < -0.3 is 19.5 Å². The van der Waals surface area contributed by atoms with Crippen molar-refractivity contribution in [3.05, 3.63) is 59.7 Å². The molecular weight excluding hydrogens is 322 g/mol. The lowest BCUT2D eigenvalue weighted by molar-refractivity contribution is 0.0335. The van der Waals surface area contributed by atoms with Gasteiger partial charge in [0.2, 0.25) is 0 Å². The van der Waals surface area contributed by atoms with E-state index in [1.807, 2.05) is 6.92 Å². The first kappa shape index (κ1) is 18.5. The second-order valence-electron chi connectivity index (χ2n) is 5.10. The Morgan fingerprint density at radius 3 is 2.52 bits per heavy atom. The summed E-state index contributed by atoms with van der Waals surface area (Å²) >= 11 is 0. The van der Waals surface area contributed by atoms with Crippen LogP contribution >= 0.6 is 0 Å². The smallest absolute Gasteiger partial charge is 0.338 e. The molecule has 6 nitrogen and oxygen atoms in total. The van der Waals surface area contributed by atoms with E-state index >= 15 is 0 Å². The summed E-state index contributed by atoms with van der Waals surface area (Å²) in [4.78, 5) is 24.3. The number of esters is 1. The fraction of sp³-hybridized carbons (Fsp3) is 0.263. The number of amides is 1. The molecule has 0 atom stereocenters. The Morgan fingerprint density at radius 2 is 1.76 bits per heavy atom.